The summed E-state index contributed by atoms with van der Waals surface area (Å²) in [5.41, 5.74) is 10.0. The Morgan fingerprint density at radius 1 is 0.217 bits per heavy atom. The van der Waals surface area contributed by atoms with E-state index in [0.717, 1.165) is 0 Å². The van der Waals surface area contributed by atoms with Gasteiger partial charge in [-0.15, -0.1) is 0 Å². The Bertz CT molecular complexity index is 2500. The van der Waals surface area contributed by atoms with Crippen molar-refractivity contribution >= 4 is 43.1 Å². The topological polar surface area (TPSA) is 0 Å². The van der Waals surface area contributed by atoms with Crippen LogP contribution in [0.4, 0.5) is 0 Å². The molecule has 0 aliphatic rings. The average molecular weight is 583 g/mol. The molecule has 0 radical (unpaired) electrons. The van der Waals surface area contributed by atoms with Crippen LogP contribution >= 0.6 is 0 Å². The molecule has 0 bridgehead atoms. The standard InChI is InChI=1S/C46H30/c1-3-14-31(15-4-1)33-18-13-19-34(28-33)43-29-35-26-27-36(30-44(35)38-21-8-7-20-37(38)43)46-41-24-11-9-22-39(41)45(32-16-5-2-6-17-32)40-23-10-12-25-42(40)46/h1-30H. The zero-order valence-electron chi connectivity index (χ0n) is 25.3. The minimum Gasteiger partial charge on any atom is -0.0622 e. The Labute approximate surface area is 268 Å². The van der Waals surface area contributed by atoms with Crippen molar-refractivity contribution in [3.05, 3.63) is 182 Å². The van der Waals surface area contributed by atoms with E-state index in [1.54, 1.807) is 0 Å². The van der Waals surface area contributed by atoms with Gasteiger partial charge >= 0.3 is 0 Å². The Hall–Kier alpha value is -5.98. The van der Waals surface area contributed by atoms with Crippen molar-refractivity contribution < 1.29 is 0 Å². The van der Waals surface area contributed by atoms with Crippen molar-refractivity contribution in [1.82, 2.24) is 0 Å². The molecule has 0 aromatic heterocycles. The molecule has 9 rings (SSSR count). The summed E-state index contributed by atoms with van der Waals surface area (Å²) >= 11 is 0. The number of hydrogen-bond donors (Lipinski definition) is 0. The van der Waals surface area contributed by atoms with E-state index in [-0.39, 0.29) is 0 Å². The van der Waals surface area contributed by atoms with Crippen LogP contribution in [-0.2, 0) is 0 Å². The van der Waals surface area contributed by atoms with Gasteiger partial charge in [-0.25, -0.2) is 0 Å². The first-order valence-corrected chi connectivity index (χ1v) is 15.9. The maximum atomic E-state index is 2.41. The monoisotopic (exact) mass is 582 g/mol. The van der Waals surface area contributed by atoms with Crippen LogP contribution in [0, 0.1) is 0 Å². The van der Waals surface area contributed by atoms with Gasteiger partial charge in [-0.2, -0.15) is 0 Å². The first-order valence-electron chi connectivity index (χ1n) is 15.9. The molecule has 214 valence electrons. The maximum absolute atomic E-state index is 2.41. The molecule has 9 aromatic rings. The second kappa shape index (κ2) is 10.9. The lowest BCUT2D eigenvalue weighted by molar-refractivity contribution is 1.61. The molecule has 0 heterocycles. The van der Waals surface area contributed by atoms with E-state index in [4.69, 9.17) is 0 Å². The van der Waals surface area contributed by atoms with E-state index in [0.29, 0.717) is 0 Å². The largest absolute Gasteiger partial charge is 0.0622 e. The third-order valence-corrected chi connectivity index (χ3v) is 9.42. The van der Waals surface area contributed by atoms with Gasteiger partial charge in [-0.05, 0) is 106 Å². The molecule has 0 atom stereocenters. The molecule has 9 aromatic carbocycles. The number of benzene rings is 9. The molecule has 0 N–H and O–H groups in total. The lowest BCUT2D eigenvalue weighted by atomic mass is 9.85. The molecule has 0 aliphatic heterocycles. The summed E-state index contributed by atoms with van der Waals surface area (Å²) in [7, 11) is 0. The quantitative estimate of drug-likeness (QED) is 0.143. The third-order valence-electron chi connectivity index (χ3n) is 9.42. The highest BCUT2D eigenvalue weighted by atomic mass is 14.2. The van der Waals surface area contributed by atoms with Crippen molar-refractivity contribution in [3.63, 3.8) is 0 Å². The molecular formula is C46H30. The molecule has 0 aliphatic carbocycles. The molecule has 0 heteroatoms. The van der Waals surface area contributed by atoms with Crippen LogP contribution in [0.5, 0.6) is 0 Å². The molecule has 46 heavy (non-hydrogen) atoms. The third kappa shape index (κ3) is 4.30. The van der Waals surface area contributed by atoms with Gasteiger partial charge in [0.25, 0.3) is 0 Å². The van der Waals surface area contributed by atoms with Crippen LogP contribution < -0.4 is 0 Å². The summed E-state index contributed by atoms with van der Waals surface area (Å²) in [6, 6.07) is 66.5. The average Bonchev–Trinajstić information content (AvgIpc) is 3.14. The maximum Gasteiger partial charge on any atom is -0.00261 e. The zero-order valence-corrected chi connectivity index (χ0v) is 25.3. The summed E-state index contributed by atoms with van der Waals surface area (Å²) in [5, 5.41) is 10.2. The first-order chi connectivity index (χ1) is 22.8. The van der Waals surface area contributed by atoms with Crippen molar-refractivity contribution in [2.24, 2.45) is 0 Å². The van der Waals surface area contributed by atoms with Gasteiger partial charge in [0, 0.05) is 0 Å². The fourth-order valence-electron chi connectivity index (χ4n) is 7.35. The second-order valence-electron chi connectivity index (χ2n) is 12.1. The van der Waals surface area contributed by atoms with Crippen LogP contribution in [0.15, 0.2) is 182 Å². The van der Waals surface area contributed by atoms with Gasteiger partial charge in [0.05, 0.1) is 0 Å². The molecule has 0 saturated carbocycles. The van der Waals surface area contributed by atoms with Gasteiger partial charge in [0.1, 0.15) is 0 Å². The second-order valence-corrected chi connectivity index (χ2v) is 12.1. The van der Waals surface area contributed by atoms with E-state index in [1.807, 2.05) is 0 Å². The smallest absolute Gasteiger partial charge is 0.00261 e. The highest BCUT2D eigenvalue weighted by Crippen LogP contribution is 2.45. The van der Waals surface area contributed by atoms with Gasteiger partial charge < -0.3 is 0 Å². The normalized spacial score (nSPS) is 11.5. The fraction of sp³-hybridized carbons (Fsp3) is 0. The highest BCUT2D eigenvalue weighted by molar-refractivity contribution is 6.22. The van der Waals surface area contributed by atoms with Crippen molar-refractivity contribution in [1.29, 1.82) is 0 Å². The van der Waals surface area contributed by atoms with Crippen molar-refractivity contribution in [2.75, 3.05) is 0 Å². The number of hydrogen-bond acceptors (Lipinski definition) is 0. The minimum atomic E-state index is 1.23. The molecule has 0 amide bonds. The van der Waals surface area contributed by atoms with Gasteiger partial charge in [0.2, 0.25) is 0 Å². The molecule has 0 nitrogen and oxygen atoms in total. The van der Waals surface area contributed by atoms with Crippen molar-refractivity contribution in [2.45, 2.75) is 0 Å². The Morgan fingerprint density at radius 2 is 0.696 bits per heavy atom. The lowest BCUT2D eigenvalue weighted by Gasteiger charge is -2.18. The van der Waals surface area contributed by atoms with E-state index in [1.165, 1.54) is 87.6 Å². The number of rotatable bonds is 4. The van der Waals surface area contributed by atoms with Crippen LogP contribution in [0.1, 0.15) is 0 Å². The highest BCUT2D eigenvalue weighted by Gasteiger charge is 2.17. The van der Waals surface area contributed by atoms with Gasteiger partial charge in [-0.3, -0.25) is 0 Å². The molecule has 0 saturated heterocycles. The Balaban J connectivity index is 1.29. The van der Waals surface area contributed by atoms with Crippen LogP contribution in [0.25, 0.3) is 87.6 Å². The Kier molecular flexibility index (Phi) is 6.25. The summed E-state index contributed by atoms with van der Waals surface area (Å²) in [6.07, 6.45) is 0. The predicted molar refractivity (Wildman–Crippen MR) is 198 cm³/mol. The molecule has 0 spiro atoms. The minimum absolute atomic E-state index is 1.23. The van der Waals surface area contributed by atoms with Crippen LogP contribution in [0.3, 0.4) is 0 Å². The van der Waals surface area contributed by atoms with Crippen LogP contribution in [-0.4, -0.2) is 0 Å². The van der Waals surface area contributed by atoms with Crippen LogP contribution in [0.2, 0.25) is 0 Å². The Morgan fingerprint density at radius 3 is 1.33 bits per heavy atom. The summed E-state index contributed by atoms with van der Waals surface area (Å²) in [6.45, 7) is 0. The van der Waals surface area contributed by atoms with Gasteiger partial charge in [0.15, 0.2) is 0 Å². The summed E-state index contributed by atoms with van der Waals surface area (Å²) in [4.78, 5) is 0. The first kappa shape index (κ1) is 26.4. The fourth-order valence-corrected chi connectivity index (χ4v) is 7.35. The van der Waals surface area contributed by atoms with Crippen molar-refractivity contribution in [3.8, 4) is 44.5 Å². The van der Waals surface area contributed by atoms with E-state index >= 15 is 0 Å². The predicted octanol–water partition coefficient (Wildman–Crippen LogP) is 13.0. The van der Waals surface area contributed by atoms with E-state index in [2.05, 4.69) is 182 Å². The van der Waals surface area contributed by atoms with Gasteiger partial charge in [-0.1, -0.05) is 164 Å². The summed E-state index contributed by atoms with van der Waals surface area (Å²) < 4.78 is 0. The molecule has 0 fully saturated rings. The lowest BCUT2D eigenvalue weighted by Crippen LogP contribution is -1.91. The van der Waals surface area contributed by atoms with E-state index in [9.17, 15) is 0 Å². The molecular weight excluding hydrogens is 553 g/mol. The number of fused-ring (bicyclic) bond motifs is 5. The zero-order chi connectivity index (χ0) is 30.5. The SMILES string of the molecule is c1ccc(-c2cccc(-c3cc4ccc(-c5c6ccccc6c(-c6ccccc6)c6ccccc56)cc4c4ccccc34)c2)cc1. The molecule has 0 unspecified atom stereocenters. The van der Waals surface area contributed by atoms with E-state index < -0.39 is 0 Å². The summed E-state index contributed by atoms with van der Waals surface area (Å²) in [5.74, 6) is 0.